The smallest absolute Gasteiger partial charge is 0.226 e. The lowest BCUT2D eigenvalue weighted by Crippen LogP contribution is -2.29. The molecule has 124 valence electrons. The molecule has 1 aliphatic rings. The summed E-state index contributed by atoms with van der Waals surface area (Å²) in [6, 6.07) is 4.84. The Morgan fingerprint density at radius 1 is 1.26 bits per heavy atom. The Balaban J connectivity index is 1.77. The van der Waals surface area contributed by atoms with Crippen LogP contribution >= 0.6 is 11.6 Å². The molecule has 1 fully saturated rings. The molecule has 1 saturated carbocycles. The third-order valence-corrected chi connectivity index (χ3v) is 3.97. The van der Waals surface area contributed by atoms with Crippen molar-refractivity contribution in [2.45, 2.75) is 26.7 Å². The highest BCUT2D eigenvalue weighted by Crippen LogP contribution is 2.37. The van der Waals surface area contributed by atoms with Crippen molar-refractivity contribution in [3.05, 3.63) is 23.2 Å². The Hall–Kier alpha value is -2.08. The van der Waals surface area contributed by atoms with Crippen molar-refractivity contribution in [3.8, 4) is 0 Å². The van der Waals surface area contributed by atoms with Gasteiger partial charge in [0.2, 0.25) is 17.7 Å². The number of rotatable bonds is 6. The van der Waals surface area contributed by atoms with E-state index < -0.39 is 0 Å². The van der Waals surface area contributed by atoms with Crippen LogP contribution in [0.1, 0.15) is 26.7 Å². The van der Waals surface area contributed by atoms with E-state index in [0.717, 1.165) is 6.42 Å². The molecular formula is C16H20ClN3O3. The summed E-state index contributed by atoms with van der Waals surface area (Å²) in [5.41, 5.74) is 1.03. The summed E-state index contributed by atoms with van der Waals surface area (Å²) in [4.78, 5) is 34.5. The molecule has 0 aliphatic heterocycles. The van der Waals surface area contributed by atoms with E-state index in [1.54, 1.807) is 18.2 Å². The van der Waals surface area contributed by atoms with Crippen LogP contribution in [0.3, 0.4) is 0 Å². The second kappa shape index (κ2) is 7.46. The lowest BCUT2D eigenvalue weighted by molar-refractivity contribution is -0.122. The molecule has 0 radical (unpaired) electrons. The summed E-state index contributed by atoms with van der Waals surface area (Å²) in [5, 5.41) is 8.39. The van der Waals surface area contributed by atoms with Crippen LogP contribution in [0.4, 0.5) is 11.4 Å². The van der Waals surface area contributed by atoms with Gasteiger partial charge in [-0.3, -0.25) is 14.4 Å². The normalized spacial score (nSPS) is 18.9. The van der Waals surface area contributed by atoms with Gasteiger partial charge in [-0.05, 0) is 30.5 Å². The van der Waals surface area contributed by atoms with E-state index >= 15 is 0 Å². The van der Waals surface area contributed by atoms with E-state index in [2.05, 4.69) is 16.0 Å². The maximum Gasteiger partial charge on any atom is 0.226 e. The first-order valence-electron chi connectivity index (χ1n) is 7.51. The predicted molar refractivity (Wildman–Crippen MR) is 89.3 cm³/mol. The van der Waals surface area contributed by atoms with Gasteiger partial charge in [0.15, 0.2) is 0 Å². The zero-order valence-corrected chi connectivity index (χ0v) is 13.9. The standard InChI is InChI=1S/C16H20ClN3O3/c1-9-7-12(9)16(23)18-6-5-15(22)20-11-3-4-14(13(17)8-11)19-10(2)21/h3-4,8-9,12H,5-7H2,1-2H3,(H,18,23)(H,19,21)(H,20,22). The Kier molecular flexibility index (Phi) is 5.60. The number of nitrogens with one attached hydrogen (secondary N) is 3. The van der Waals surface area contributed by atoms with E-state index in [1.807, 2.05) is 6.92 Å². The third-order valence-electron chi connectivity index (χ3n) is 3.66. The van der Waals surface area contributed by atoms with E-state index in [0.29, 0.717) is 28.9 Å². The van der Waals surface area contributed by atoms with Crippen LogP contribution < -0.4 is 16.0 Å². The number of hydrogen-bond donors (Lipinski definition) is 3. The summed E-state index contributed by atoms with van der Waals surface area (Å²) >= 11 is 6.04. The zero-order chi connectivity index (χ0) is 17.0. The van der Waals surface area contributed by atoms with E-state index in [-0.39, 0.29) is 30.1 Å². The van der Waals surface area contributed by atoms with Gasteiger partial charge in [-0.25, -0.2) is 0 Å². The lowest BCUT2D eigenvalue weighted by atomic mass is 10.2. The molecule has 0 spiro atoms. The van der Waals surface area contributed by atoms with Gasteiger partial charge in [0.05, 0.1) is 10.7 Å². The van der Waals surface area contributed by atoms with E-state index in [4.69, 9.17) is 11.6 Å². The minimum Gasteiger partial charge on any atom is -0.355 e. The fourth-order valence-electron chi connectivity index (χ4n) is 2.23. The van der Waals surface area contributed by atoms with Crippen molar-refractivity contribution in [2.24, 2.45) is 11.8 Å². The van der Waals surface area contributed by atoms with Crippen LogP contribution in [0.15, 0.2) is 18.2 Å². The SMILES string of the molecule is CC(=O)Nc1ccc(NC(=O)CCNC(=O)C2CC2C)cc1Cl. The Bertz CT molecular complexity index is 633. The first kappa shape index (κ1) is 17.3. The highest BCUT2D eigenvalue weighted by atomic mass is 35.5. The Labute approximate surface area is 140 Å². The average Bonchev–Trinajstić information content (AvgIpc) is 3.18. The van der Waals surface area contributed by atoms with Gasteiger partial charge in [-0.15, -0.1) is 0 Å². The molecule has 3 amide bonds. The molecular weight excluding hydrogens is 318 g/mol. The molecule has 1 aromatic carbocycles. The highest BCUT2D eigenvalue weighted by molar-refractivity contribution is 6.34. The second-order valence-corrected chi connectivity index (χ2v) is 6.19. The van der Waals surface area contributed by atoms with Crippen LogP contribution in [-0.2, 0) is 14.4 Å². The summed E-state index contributed by atoms with van der Waals surface area (Å²) in [7, 11) is 0. The molecule has 7 heteroatoms. The predicted octanol–water partition coefficient (Wildman–Crippen LogP) is 2.40. The van der Waals surface area contributed by atoms with Crippen LogP contribution in [0.2, 0.25) is 5.02 Å². The van der Waals surface area contributed by atoms with Crippen molar-refractivity contribution in [1.29, 1.82) is 0 Å². The molecule has 0 saturated heterocycles. The minimum atomic E-state index is -0.218. The molecule has 0 bridgehead atoms. The fraction of sp³-hybridized carbons (Fsp3) is 0.438. The van der Waals surface area contributed by atoms with Crippen LogP contribution in [0.25, 0.3) is 0 Å². The quantitative estimate of drug-likeness (QED) is 0.745. The summed E-state index contributed by atoms with van der Waals surface area (Å²) in [6.07, 6.45) is 1.12. The van der Waals surface area contributed by atoms with Crippen LogP contribution in [0, 0.1) is 11.8 Å². The number of halogens is 1. The molecule has 6 nitrogen and oxygen atoms in total. The van der Waals surface area contributed by atoms with Gasteiger partial charge in [0, 0.05) is 31.5 Å². The summed E-state index contributed by atoms with van der Waals surface area (Å²) in [5.74, 6) is 0.154. The van der Waals surface area contributed by atoms with Crippen molar-refractivity contribution < 1.29 is 14.4 Å². The maximum atomic E-state index is 11.8. The Morgan fingerprint density at radius 2 is 1.96 bits per heavy atom. The van der Waals surface area contributed by atoms with Crippen molar-refractivity contribution in [1.82, 2.24) is 5.32 Å². The number of hydrogen-bond acceptors (Lipinski definition) is 3. The zero-order valence-electron chi connectivity index (χ0n) is 13.1. The van der Waals surface area contributed by atoms with Crippen LogP contribution in [-0.4, -0.2) is 24.3 Å². The molecule has 23 heavy (non-hydrogen) atoms. The molecule has 3 N–H and O–H groups in total. The van der Waals surface area contributed by atoms with E-state index in [1.165, 1.54) is 6.92 Å². The van der Waals surface area contributed by atoms with Crippen molar-refractivity contribution in [2.75, 3.05) is 17.2 Å². The van der Waals surface area contributed by atoms with Crippen LogP contribution in [0.5, 0.6) is 0 Å². The molecule has 1 aromatic rings. The minimum absolute atomic E-state index is 0.0213. The second-order valence-electron chi connectivity index (χ2n) is 5.78. The van der Waals surface area contributed by atoms with Gasteiger partial charge >= 0.3 is 0 Å². The van der Waals surface area contributed by atoms with Gasteiger partial charge in [-0.1, -0.05) is 18.5 Å². The van der Waals surface area contributed by atoms with E-state index in [9.17, 15) is 14.4 Å². The molecule has 2 rings (SSSR count). The lowest BCUT2D eigenvalue weighted by Gasteiger charge is -2.09. The Morgan fingerprint density at radius 3 is 2.52 bits per heavy atom. The molecule has 2 unspecified atom stereocenters. The number of anilines is 2. The number of amides is 3. The largest absolute Gasteiger partial charge is 0.355 e. The monoisotopic (exact) mass is 337 g/mol. The molecule has 2 atom stereocenters. The molecule has 0 aromatic heterocycles. The molecule has 1 aliphatic carbocycles. The summed E-state index contributed by atoms with van der Waals surface area (Å²) in [6.45, 7) is 3.74. The maximum absolute atomic E-state index is 11.8. The van der Waals surface area contributed by atoms with Crippen molar-refractivity contribution in [3.63, 3.8) is 0 Å². The summed E-state index contributed by atoms with van der Waals surface area (Å²) < 4.78 is 0. The van der Waals surface area contributed by atoms with Gasteiger partial charge in [0.25, 0.3) is 0 Å². The number of benzene rings is 1. The topological polar surface area (TPSA) is 87.3 Å². The highest BCUT2D eigenvalue weighted by Gasteiger charge is 2.38. The first-order valence-corrected chi connectivity index (χ1v) is 7.89. The van der Waals surface area contributed by atoms with Gasteiger partial charge in [-0.2, -0.15) is 0 Å². The fourth-order valence-corrected chi connectivity index (χ4v) is 2.45. The molecule has 0 heterocycles. The average molecular weight is 338 g/mol. The number of carbonyl (C=O) groups excluding carboxylic acids is 3. The van der Waals surface area contributed by atoms with Gasteiger partial charge < -0.3 is 16.0 Å². The number of carbonyl (C=O) groups is 3. The third kappa shape index (κ3) is 5.25. The van der Waals surface area contributed by atoms with Gasteiger partial charge in [0.1, 0.15) is 0 Å². The first-order chi connectivity index (χ1) is 10.9. The van der Waals surface area contributed by atoms with Crippen molar-refractivity contribution >= 4 is 40.7 Å².